The molecule has 3 nitrogen and oxygen atoms in total. The van der Waals surface area contributed by atoms with Crippen molar-refractivity contribution in [1.29, 1.82) is 0 Å². The smallest absolute Gasteiger partial charge is 0.133 e. The van der Waals surface area contributed by atoms with E-state index >= 15 is 0 Å². The molecule has 1 atom stereocenters. The van der Waals surface area contributed by atoms with Gasteiger partial charge in [0.15, 0.2) is 0 Å². The van der Waals surface area contributed by atoms with Gasteiger partial charge in [-0.1, -0.05) is 37.3 Å². The summed E-state index contributed by atoms with van der Waals surface area (Å²) in [6.07, 6.45) is 0.106. The first-order valence-corrected chi connectivity index (χ1v) is 6.39. The zero-order valence-corrected chi connectivity index (χ0v) is 10.9. The Labute approximate surface area is 113 Å². The van der Waals surface area contributed by atoms with Crippen molar-refractivity contribution >= 4 is 0 Å². The summed E-state index contributed by atoms with van der Waals surface area (Å²) in [6.45, 7) is 1.91. The molecule has 0 saturated heterocycles. The third-order valence-electron chi connectivity index (χ3n) is 2.97. The Kier molecular flexibility index (Phi) is 4.55. The van der Waals surface area contributed by atoms with Gasteiger partial charge in [-0.15, -0.1) is 0 Å². The highest BCUT2D eigenvalue weighted by molar-refractivity contribution is 5.40. The zero-order valence-electron chi connectivity index (χ0n) is 10.9. The summed E-state index contributed by atoms with van der Waals surface area (Å²) in [5, 5.41) is 19.1. The molecule has 0 aliphatic rings. The Morgan fingerprint density at radius 3 is 2.63 bits per heavy atom. The summed E-state index contributed by atoms with van der Waals surface area (Å²) >= 11 is 0. The second-order valence-corrected chi connectivity index (χ2v) is 4.37. The molecule has 2 aromatic rings. The van der Waals surface area contributed by atoms with Gasteiger partial charge in [-0.2, -0.15) is 0 Å². The van der Waals surface area contributed by atoms with E-state index in [0.29, 0.717) is 17.9 Å². The lowest BCUT2D eigenvalue weighted by molar-refractivity contribution is 0.170. The third-order valence-corrected chi connectivity index (χ3v) is 2.97. The van der Waals surface area contributed by atoms with Crippen LogP contribution in [0, 0.1) is 0 Å². The second-order valence-electron chi connectivity index (χ2n) is 4.37. The van der Waals surface area contributed by atoms with Gasteiger partial charge in [-0.25, -0.2) is 0 Å². The van der Waals surface area contributed by atoms with Gasteiger partial charge in [0.05, 0.1) is 12.7 Å². The van der Waals surface area contributed by atoms with Crippen LogP contribution in [0.5, 0.6) is 11.5 Å². The van der Waals surface area contributed by atoms with E-state index in [9.17, 15) is 5.11 Å². The summed E-state index contributed by atoms with van der Waals surface area (Å²) in [4.78, 5) is 0. The van der Waals surface area contributed by atoms with Gasteiger partial charge in [0, 0.05) is 5.56 Å². The number of para-hydroxylation sites is 1. The highest BCUT2D eigenvalue weighted by atomic mass is 16.5. The molecular formula is C16H18O3. The number of hydrogen-bond donors (Lipinski definition) is 2. The van der Waals surface area contributed by atoms with Crippen molar-refractivity contribution in [2.75, 3.05) is 0 Å². The highest BCUT2D eigenvalue weighted by Crippen LogP contribution is 2.31. The van der Waals surface area contributed by atoms with Gasteiger partial charge in [0.2, 0.25) is 0 Å². The topological polar surface area (TPSA) is 49.7 Å². The lowest BCUT2D eigenvalue weighted by atomic mass is 10.1. The Morgan fingerprint density at radius 2 is 1.89 bits per heavy atom. The van der Waals surface area contributed by atoms with Crippen molar-refractivity contribution in [3.05, 3.63) is 59.7 Å². The molecule has 0 fully saturated rings. The maximum absolute atomic E-state index is 9.97. The number of benzene rings is 2. The Bertz CT molecular complexity index is 537. The number of aliphatic hydroxyl groups excluding tert-OH is 2. The number of aliphatic hydroxyl groups is 2. The maximum atomic E-state index is 9.97. The molecule has 2 aromatic carbocycles. The fourth-order valence-electron chi connectivity index (χ4n) is 1.90. The molecular weight excluding hydrogens is 240 g/mol. The molecule has 0 aromatic heterocycles. The maximum Gasteiger partial charge on any atom is 0.133 e. The molecule has 0 aliphatic heterocycles. The van der Waals surface area contributed by atoms with Gasteiger partial charge < -0.3 is 14.9 Å². The van der Waals surface area contributed by atoms with Crippen molar-refractivity contribution in [2.45, 2.75) is 26.1 Å². The molecule has 0 aliphatic carbocycles. The van der Waals surface area contributed by atoms with Crippen LogP contribution in [-0.4, -0.2) is 10.2 Å². The zero-order chi connectivity index (χ0) is 13.7. The summed E-state index contributed by atoms with van der Waals surface area (Å²) in [6, 6.07) is 14.7. The van der Waals surface area contributed by atoms with E-state index < -0.39 is 6.10 Å². The van der Waals surface area contributed by atoms with Crippen LogP contribution in [0.4, 0.5) is 0 Å². The van der Waals surface area contributed by atoms with E-state index in [2.05, 4.69) is 0 Å². The normalized spacial score (nSPS) is 12.2. The predicted octanol–water partition coefficient (Wildman–Crippen LogP) is 3.41. The van der Waals surface area contributed by atoms with Crippen LogP contribution in [0.15, 0.2) is 48.5 Å². The summed E-state index contributed by atoms with van der Waals surface area (Å²) in [5.41, 5.74) is 1.57. The molecule has 0 spiro atoms. The monoisotopic (exact) mass is 258 g/mol. The fourth-order valence-corrected chi connectivity index (χ4v) is 1.90. The van der Waals surface area contributed by atoms with Crippen LogP contribution in [0.2, 0.25) is 0 Å². The third kappa shape index (κ3) is 3.34. The molecule has 100 valence electrons. The minimum absolute atomic E-state index is 0.0174. The van der Waals surface area contributed by atoms with Gasteiger partial charge in [-0.3, -0.25) is 0 Å². The first-order chi connectivity index (χ1) is 9.24. The van der Waals surface area contributed by atoms with E-state index in [-0.39, 0.29) is 6.61 Å². The lowest BCUT2D eigenvalue weighted by Gasteiger charge is -2.15. The number of hydrogen-bond acceptors (Lipinski definition) is 3. The minimum Gasteiger partial charge on any atom is -0.457 e. The first-order valence-electron chi connectivity index (χ1n) is 6.39. The fraction of sp³-hybridized carbons (Fsp3) is 0.250. The summed E-state index contributed by atoms with van der Waals surface area (Å²) in [7, 11) is 0. The van der Waals surface area contributed by atoms with Crippen LogP contribution < -0.4 is 4.74 Å². The predicted molar refractivity (Wildman–Crippen MR) is 74.1 cm³/mol. The van der Waals surface area contributed by atoms with E-state index in [4.69, 9.17) is 9.84 Å². The Hall–Kier alpha value is -1.84. The summed E-state index contributed by atoms with van der Waals surface area (Å²) in [5.74, 6) is 1.30. The molecule has 0 bridgehead atoms. The molecule has 2 N–H and O–H groups in total. The number of ether oxygens (including phenoxy) is 1. The number of rotatable bonds is 5. The van der Waals surface area contributed by atoms with Crippen LogP contribution in [0.3, 0.4) is 0 Å². The van der Waals surface area contributed by atoms with Crippen molar-refractivity contribution in [2.24, 2.45) is 0 Å². The minimum atomic E-state index is -0.530. The van der Waals surface area contributed by atoms with Crippen LogP contribution >= 0.6 is 0 Å². The molecule has 19 heavy (non-hydrogen) atoms. The van der Waals surface area contributed by atoms with Gasteiger partial charge in [-0.05, 0) is 30.2 Å². The molecule has 0 heterocycles. The first kappa shape index (κ1) is 13.6. The summed E-state index contributed by atoms with van der Waals surface area (Å²) < 4.78 is 5.80. The van der Waals surface area contributed by atoms with Crippen molar-refractivity contribution in [1.82, 2.24) is 0 Å². The highest BCUT2D eigenvalue weighted by Gasteiger charge is 2.11. The van der Waals surface area contributed by atoms with E-state index in [0.717, 1.165) is 11.1 Å². The quantitative estimate of drug-likeness (QED) is 0.864. The average Bonchev–Trinajstić information content (AvgIpc) is 2.47. The van der Waals surface area contributed by atoms with Gasteiger partial charge in [0.25, 0.3) is 0 Å². The Morgan fingerprint density at radius 1 is 1.11 bits per heavy atom. The SMILES string of the molecule is CCC(O)c1ccccc1Oc1cccc(CO)c1. The lowest BCUT2D eigenvalue weighted by Crippen LogP contribution is -1.98. The molecule has 0 amide bonds. The van der Waals surface area contributed by atoms with E-state index in [1.807, 2.05) is 49.4 Å². The van der Waals surface area contributed by atoms with Crippen molar-refractivity contribution in [3.63, 3.8) is 0 Å². The standard InChI is InChI=1S/C16H18O3/c1-2-15(18)14-8-3-4-9-16(14)19-13-7-5-6-12(10-13)11-17/h3-10,15,17-18H,2,11H2,1H3. The largest absolute Gasteiger partial charge is 0.457 e. The molecule has 0 saturated carbocycles. The van der Waals surface area contributed by atoms with E-state index in [1.54, 1.807) is 6.07 Å². The van der Waals surface area contributed by atoms with Crippen molar-refractivity contribution < 1.29 is 14.9 Å². The van der Waals surface area contributed by atoms with E-state index in [1.165, 1.54) is 0 Å². The van der Waals surface area contributed by atoms with Crippen LogP contribution in [0.1, 0.15) is 30.6 Å². The van der Waals surface area contributed by atoms with Crippen LogP contribution in [0.25, 0.3) is 0 Å². The molecule has 3 heteroatoms. The van der Waals surface area contributed by atoms with Crippen LogP contribution in [-0.2, 0) is 6.61 Å². The van der Waals surface area contributed by atoms with Crippen molar-refractivity contribution in [3.8, 4) is 11.5 Å². The Balaban J connectivity index is 2.27. The van der Waals surface area contributed by atoms with Gasteiger partial charge >= 0.3 is 0 Å². The van der Waals surface area contributed by atoms with Gasteiger partial charge in [0.1, 0.15) is 11.5 Å². The molecule has 1 unspecified atom stereocenters. The average molecular weight is 258 g/mol. The molecule has 2 rings (SSSR count). The molecule has 0 radical (unpaired) electrons. The second kappa shape index (κ2) is 6.36.